The SMILES string of the molecule is COc1ccc2c(c1)CC[C@@H]1[C@@H]2CC[C@@]2(C)[C@H]1C[C@@H](CCl)[C@@H]2OS(=O)(=O)c1ccc(C)cc1. The quantitative estimate of drug-likeness (QED) is 0.377. The fourth-order valence-corrected chi connectivity index (χ4v) is 8.57. The van der Waals surface area contributed by atoms with E-state index >= 15 is 0 Å². The number of ether oxygens (including phenoxy) is 1. The molecule has 2 saturated carbocycles. The minimum absolute atomic E-state index is 0.0397. The Hall–Kier alpha value is -1.56. The first-order valence-electron chi connectivity index (χ1n) is 12.0. The second-order valence-electron chi connectivity index (χ2n) is 10.5. The molecule has 4 nitrogen and oxygen atoms in total. The van der Waals surface area contributed by atoms with Crippen LogP contribution >= 0.6 is 11.6 Å². The second-order valence-corrected chi connectivity index (χ2v) is 12.3. The van der Waals surface area contributed by atoms with Gasteiger partial charge in [-0.25, -0.2) is 0 Å². The molecule has 3 aliphatic carbocycles. The number of aryl methyl sites for hydroxylation is 2. The number of rotatable bonds is 5. The van der Waals surface area contributed by atoms with E-state index in [1.54, 1.807) is 19.2 Å². The molecule has 0 saturated heterocycles. The standard InChI is InChI=1S/C27H33ClO4S/c1-17-4-8-21(9-5-17)33(29,30)32-26-19(16-28)15-25-24-10-6-18-14-20(31-3)7-11-22(18)23(24)12-13-27(25,26)2/h4-5,7-9,11,14,19,23-26H,6,10,12-13,15-16H2,1-3H3/t19-,23+,24+,25-,26-,27-/m0/s1. The first-order valence-corrected chi connectivity index (χ1v) is 13.9. The number of hydrogen-bond acceptors (Lipinski definition) is 4. The van der Waals surface area contributed by atoms with Crippen molar-refractivity contribution in [1.82, 2.24) is 0 Å². The van der Waals surface area contributed by atoms with Crippen LogP contribution in [0.5, 0.6) is 5.75 Å². The van der Waals surface area contributed by atoms with Crippen LogP contribution < -0.4 is 4.74 Å². The summed E-state index contributed by atoms with van der Waals surface area (Å²) in [4.78, 5) is 0.225. The molecular weight excluding hydrogens is 456 g/mol. The first-order chi connectivity index (χ1) is 15.8. The van der Waals surface area contributed by atoms with Crippen molar-refractivity contribution in [3.8, 4) is 5.75 Å². The Labute approximate surface area is 202 Å². The molecule has 2 aromatic carbocycles. The minimum atomic E-state index is -3.85. The zero-order valence-electron chi connectivity index (χ0n) is 19.6. The van der Waals surface area contributed by atoms with E-state index in [2.05, 4.69) is 25.1 Å². The van der Waals surface area contributed by atoms with Crippen molar-refractivity contribution in [3.05, 3.63) is 59.2 Å². The summed E-state index contributed by atoms with van der Waals surface area (Å²) < 4.78 is 37.9. The number of alkyl halides is 1. The monoisotopic (exact) mass is 488 g/mol. The van der Waals surface area contributed by atoms with Gasteiger partial charge in [0.05, 0.1) is 18.1 Å². The smallest absolute Gasteiger partial charge is 0.297 e. The highest BCUT2D eigenvalue weighted by atomic mass is 35.5. The number of halogens is 1. The van der Waals surface area contributed by atoms with Crippen LogP contribution in [-0.2, 0) is 20.7 Å². The summed E-state index contributed by atoms with van der Waals surface area (Å²) in [7, 11) is -2.13. The molecule has 0 aliphatic heterocycles. The van der Waals surface area contributed by atoms with Crippen LogP contribution in [0.15, 0.2) is 47.4 Å². The van der Waals surface area contributed by atoms with Gasteiger partial charge in [-0.1, -0.05) is 30.7 Å². The molecule has 178 valence electrons. The molecule has 0 N–H and O–H groups in total. The van der Waals surface area contributed by atoms with Gasteiger partial charge in [0, 0.05) is 11.8 Å². The fourth-order valence-electron chi connectivity index (χ4n) is 7.05. The molecule has 6 heteroatoms. The van der Waals surface area contributed by atoms with E-state index in [0.29, 0.717) is 23.6 Å². The van der Waals surface area contributed by atoms with Crippen molar-refractivity contribution in [2.24, 2.45) is 23.2 Å². The van der Waals surface area contributed by atoms with Crippen LogP contribution in [0, 0.1) is 30.1 Å². The molecule has 0 unspecified atom stereocenters. The van der Waals surface area contributed by atoms with Crippen molar-refractivity contribution in [2.45, 2.75) is 62.9 Å². The summed E-state index contributed by atoms with van der Waals surface area (Å²) in [6.07, 6.45) is 4.71. The normalized spacial score (nSPS) is 33.2. The number of methoxy groups -OCH3 is 1. The highest BCUT2D eigenvalue weighted by Gasteiger charge is 2.59. The van der Waals surface area contributed by atoms with E-state index in [9.17, 15) is 8.42 Å². The van der Waals surface area contributed by atoms with E-state index in [4.69, 9.17) is 20.5 Å². The van der Waals surface area contributed by atoms with Crippen LogP contribution in [-0.4, -0.2) is 27.5 Å². The van der Waals surface area contributed by atoms with Crippen LogP contribution in [0.4, 0.5) is 0 Å². The molecule has 0 spiro atoms. The van der Waals surface area contributed by atoms with Crippen molar-refractivity contribution in [1.29, 1.82) is 0 Å². The van der Waals surface area contributed by atoms with E-state index in [1.807, 2.05) is 19.1 Å². The molecule has 3 aliphatic rings. The summed E-state index contributed by atoms with van der Waals surface area (Å²) in [6, 6.07) is 13.4. The Morgan fingerprint density at radius 1 is 1.12 bits per heavy atom. The molecular formula is C27H33ClO4S. The summed E-state index contributed by atoms with van der Waals surface area (Å²) in [6.45, 7) is 4.19. The predicted octanol–water partition coefficient (Wildman–Crippen LogP) is 6.10. The van der Waals surface area contributed by atoms with E-state index in [0.717, 1.165) is 43.4 Å². The highest BCUT2D eigenvalue weighted by molar-refractivity contribution is 7.86. The van der Waals surface area contributed by atoms with Gasteiger partial charge in [-0.2, -0.15) is 8.42 Å². The van der Waals surface area contributed by atoms with Gasteiger partial charge < -0.3 is 4.74 Å². The maximum atomic E-state index is 13.2. The summed E-state index contributed by atoms with van der Waals surface area (Å²) in [5.74, 6) is 2.84. The van der Waals surface area contributed by atoms with Gasteiger partial charge in [0.15, 0.2) is 0 Å². The van der Waals surface area contributed by atoms with Gasteiger partial charge in [0.1, 0.15) is 5.75 Å². The third kappa shape index (κ3) is 3.90. The van der Waals surface area contributed by atoms with Crippen LogP contribution in [0.3, 0.4) is 0 Å². The first kappa shape index (κ1) is 23.2. The minimum Gasteiger partial charge on any atom is -0.497 e. The molecule has 0 heterocycles. The van der Waals surface area contributed by atoms with Gasteiger partial charge in [-0.3, -0.25) is 4.18 Å². The summed E-state index contributed by atoms with van der Waals surface area (Å²) in [5.41, 5.74) is 3.69. The van der Waals surface area contributed by atoms with Crippen LogP contribution in [0.1, 0.15) is 55.2 Å². The van der Waals surface area contributed by atoms with Crippen molar-refractivity contribution in [3.63, 3.8) is 0 Å². The third-order valence-corrected chi connectivity index (χ3v) is 10.5. The second kappa shape index (κ2) is 8.58. The van der Waals surface area contributed by atoms with Crippen molar-refractivity contribution in [2.75, 3.05) is 13.0 Å². The lowest BCUT2D eigenvalue weighted by molar-refractivity contribution is -0.0144. The van der Waals surface area contributed by atoms with Gasteiger partial charge >= 0.3 is 0 Å². The Morgan fingerprint density at radius 3 is 2.58 bits per heavy atom. The zero-order chi connectivity index (χ0) is 23.4. The lowest BCUT2D eigenvalue weighted by Crippen LogP contribution is -2.46. The van der Waals surface area contributed by atoms with Gasteiger partial charge in [0.25, 0.3) is 10.1 Å². The maximum Gasteiger partial charge on any atom is 0.297 e. The average molecular weight is 489 g/mol. The molecule has 33 heavy (non-hydrogen) atoms. The Bertz CT molecular complexity index is 1130. The Kier molecular flexibility index (Phi) is 6.03. The van der Waals surface area contributed by atoms with Gasteiger partial charge in [-0.05, 0) is 97.6 Å². The zero-order valence-corrected chi connectivity index (χ0v) is 21.2. The molecule has 6 atom stereocenters. The van der Waals surface area contributed by atoms with Crippen LogP contribution in [0.2, 0.25) is 0 Å². The topological polar surface area (TPSA) is 52.6 Å². The fraction of sp³-hybridized carbons (Fsp3) is 0.556. The third-order valence-electron chi connectivity index (χ3n) is 8.74. The van der Waals surface area contributed by atoms with E-state index in [1.165, 1.54) is 11.1 Å². The maximum absolute atomic E-state index is 13.2. The number of benzene rings is 2. The largest absolute Gasteiger partial charge is 0.497 e. The molecule has 0 amide bonds. The lowest BCUT2D eigenvalue weighted by atomic mass is 9.55. The molecule has 0 bridgehead atoms. The molecule has 2 fully saturated rings. The van der Waals surface area contributed by atoms with Crippen molar-refractivity contribution >= 4 is 21.7 Å². The van der Waals surface area contributed by atoms with Gasteiger partial charge in [-0.15, -0.1) is 11.6 Å². The van der Waals surface area contributed by atoms with Gasteiger partial charge in [0.2, 0.25) is 0 Å². The summed E-state index contributed by atoms with van der Waals surface area (Å²) >= 11 is 6.43. The van der Waals surface area contributed by atoms with Crippen molar-refractivity contribution < 1.29 is 17.3 Å². The Morgan fingerprint density at radius 2 is 1.88 bits per heavy atom. The number of hydrogen-bond donors (Lipinski definition) is 0. The predicted molar refractivity (Wildman–Crippen MR) is 130 cm³/mol. The molecule has 2 aromatic rings. The molecule has 5 rings (SSSR count). The average Bonchev–Trinajstić information content (AvgIpc) is 3.10. The number of fused-ring (bicyclic) bond motifs is 5. The van der Waals surface area contributed by atoms with E-state index in [-0.39, 0.29) is 22.3 Å². The molecule has 0 radical (unpaired) electrons. The molecule has 0 aromatic heterocycles. The van der Waals surface area contributed by atoms with E-state index < -0.39 is 10.1 Å². The summed E-state index contributed by atoms with van der Waals surface area (Å²) in [5, 5.41) is 0. The lowest BCUT2D eigenvalue weighted by Gasteiger charge is -2.50. The highest BCUT2D eigenvalue weighted by Crippen LogP contribution is 2.63. The van der Waals surface area contributed by atoms with Crippen LogP contribution in [0.25, 0.3) is 0 Å². The Balaban J connectivity index is 1.44.